The Labute approximate surface area is 274 Å². The van der Waals surface area contributed by atoms with Gasteiger partial charge in [-0.2, -0.15) is 0 Å². The smallest absolute Gasteiger partial charge is 0.308 e. The molecule has 1 aliphatic heterocycles. The maximum atomic E-state index is 14.4. The Bertz CT molecular complexity index is 1900. The van der Waals surface area contributed by atoms with Gasteiger partial charge in [0.15, 0.2) is 11.6 Å². The number of phenolic OH excluding ortho intramolecular Hbond substituents is 1. The van der Waals surface area contributed by atoms with Crippen molar-refractivity contribution in [3.63, 3.8) is 0 Å². The minimum absolute atomic E-state index is 0.000937. The molecule has 1 aromatic heterocycles. The van der Waals surface area contributed by atoms with Crippen molar-refractivity contribution in [1.82, 2.24) is 4.98 Å². The van der Waals surface area contributed by atoms with Crippen LogP contribution in [0.25, 0.3) is 0 Å². The van der Waals surface area contributed by atoms with Crippen LogP contribution in [0.2, 0.25) is 0 Å². The van der Waals surface area contributed by atoms with Gasteiger partial charge in [0.1, 0.15) is 35.6 Å². The summed E-state index contributed by atoms with van der Waals surface area (Å²) in [5.74, 6) is -2.47. The fourth-order valence-corrected chi connectivity index (χ4v) is 6.19. The lowest BCUT2D eigenvalue weighted by Gasteiger charge is -2.39. The molecule has 2 aliphatic rings. The molecule has 9 N–H and O–H groups in total. The maximum Gasteiger partial charge on any atom is 0.308 e. The summed E-state index contributed by atoms with van der Waals surface area (Å²) in [6.07, 6.45) is -4.77. The van der Waals surface area contributed by atoms with Gasteiger partial charge in [0, 0.05) is 60.0 Å². The molecular weight excluding hydrogens is 622 g/mol. The molecule has 0 amide bonds. The number of carbonyl (C=O) groups is 3. The molecule has 5 atom stereocenters. The largest absolute Gasteiger partial charge is 0.507 e. The molecule has 1 saturated heterocycles. The Balaban J connectivity index is 1.60. The highest BCUT2D eigenvalue weighted by molar-refractivity contribution is 6.30. The number of ether oxygens (including phenoxy) is 3. The topological polar surface area (TPSA) is 228 Å². The third-order valence-electron chi connectivity index (χ3n) is 8.62. The van der Waals surface area contributed by atoms with E-state index >= 15 is 0 Å². The van der Waals surface area contributed by atoms with E-state index in [1.54, 1.807) is 42.7 Å². The molecule has 6 rings (SSSR count). The van der Waals surface area contributed by atoms with Crippen LogP contribution in [0.1, 0.15) is 79.7 Å². The third-order valence-corrected chi connectivity index (χ3v) is 8.62. The number of esters is 1. The number of rotatable bonds is 8. The van der Waals surface area contributed by atoms with Gasteiger partial charge in [0.05, 0.1) is 17.8 Å². The number of hydrogen-bond donors (Lipinski definition) is 7. The van der Waals surface area contributed by atoms with E-state index in [-0.39, 0.29) is 57.7 Å². The number of aliphatic hydroxyl groups is 3. The second kappa shape index (κ2) is 13.0. The summed E-state index contributed by atoms with van der Waals surface area (Å²) >= 11 is 0. The van der Waals surface area contributed by atoms with Crippen molar-refractivity contribution in [3.8, 4) is 17.2 Å². The van der Waals surface area contributed by atoms with E-state index in [4.69, 9.17) is 25.7 Å². The summed E-state index contributed by atoms with van der Waals surface area (Å²) in [6.45, 7) is 2.69. The first-order valence-electron chi connectivity index (χ1n) is 15.3. The van der Waals surface area contributed by atoms with Gasteiger partial charge in [-0.3, -0.25) is 14.4 Å². The van der Waals surface area contributed by atoms with Gasteiger partial charge in [0.25, 0.3) is 0 Å². The van der Waals surface area contributed by atoms with Crippen LogP contribution in [0, 0.1) is 0 Å². The van der Waals surface area contributed by atoms with Gasteiger partial charge in [-0.25, -0.2) is 0 Å². The fourth-order valence-electron chi connectivity index (χ4n) is 6.19. The average molecular weight is 658 g/mol. The summed E-state index contributed by atoms with van der Waals surface area (Å²) in [6, 6.07) is 12.7. The van der Waals surface area contributed by atoms with Crippen LogP contribution in [0.4, 0.5) is 0 Å². The number of carbonyl (C=O) groups excluding carboxylic acids is 3. The number of aromatic hydroxyl groups is 1. The minimum Gasteiger partial charge on any atom is -0.507 e. The lowest BCUT2D eigenvalue weighted by atomic mass is 9.78. The average Bonchev–Trinajstić information content (AvgIpc) is 3.57. The van der Waals surface area contributed by atoms with Crippen molar-refractivity contribution < 1.29 is 49.0 Å². The highest BCUT2D eigenvalue weighted by Gasteiger charge is 2.45. The molecule has 4 aromatic rings. The van der Waals surface area contributed by atoms with E-state index in [0.29, 0.717) is 16.7 Å². The predicted molar refractivity (Wildman–Crippen MR) is 170 cm³/mol. The first-order chi connectivity index (χ1) is 22.8. The van der Waals surface area contributed by atoms with E-state index in [1.165, 1.54) is 32.0 Å². The number of ketones is 2. The number of phenols is 1. The quantitative estimate of drug-likeness (QED) is 0.0719. The van der Waals surface area contributed by atoms with Crippen molar-refractivity contribution in [2.45, 2.75) is 63.6 Å². The molecule has 0 saturated carbocycles. The maximum absolute atomic E-state index is 14.4. The third kappa shape index (κ3) is 5.99. The van der Waals surface area contributed by atoms with Gasteiger partial charge in [-0.1, -0.05) is 24.3 Å². The lowest BCUT2D eigenvalue weighted by molar-refractivity contribution is -0.268. The van der Waals surface area contributed by atoms with E-state index in [2.05, 4.69) is 4.98 Å². The first kappa shape index (κ1) is 33.0. The summed E-state index contributed by atoms with van der Waals surface area (Å²) in [4.78, 5) is 43.2. The second-order valence-electron chi connectivity index (χ2n) is 12.0. The van der Waals surface area contributed by atoms with E-state index in [0.717, 1.165) is 0 Å². The molecule has 0 bridgehead atoms. The highest BCUT2D eigenvalue weighted by atomic mass is 16.7. The number of aliphatic hydroxyl groups excluding tert-OH is 3. The Morgan fingerprint density at radius 2 is 1.65 bits per heavy atom. The van der Waals surface area contributed by atoms with Crippen LogP contribution >= 0.6 is 0 Å². The van der Waals surface area contributed by atoms with Crippen LogP contribution in [0.15, 0.2) is 60.9 Å². The van der Waals surface area contributed by atoms with Crippen LogP contribution < -0.4 is 20.9 Å². The van der Waals surface area contributed by atoms with Crippen LogP contribution in [0.5, 0.6) is 17.2 Å². The van der Waals surface area contributed by atoms with Crippen molar-refractivity contribution in [3.05, 3.63) is 111 Å². The SMILES string of the molecule is CC(=O)Oc1ccc2c(c1)C(=O)c1c(Cc3cc[nH]c3)c(O[C@H]3O[C@@H](C)[C@@H](O)[C@@H](O)[C@H]3O)c(Cc3cccc(C(N)N)c3)c(O)c1C2=O. The molecule has 250 valence electrons. The molecule has 48 heavy (non-hydrogen) atoms. The number of nitrogens with two attached hydrogens (primary N) is 2. The van der Waals surface area contributed by atoms with Crippen LogP contribution in [0.3, 0.4) is 0 Å². The fraction of sp³-hybridized carbons (Fsp3) is 0.286. The van der Waals surface area contributed by atoms with Crippen molar-refractivity contribution >= 4 is 17.5 Å². The van der Waals surface area contributed by atoms with E-state index < -0.39 is 60.2 Å². The molecule has 2 heterocycles. The zero-order chi connectivity index (χ0) is 34.4. The zero-order valence-electron chi connectivity index (χ0n) is 26.0. The zero-order valence-corrected chi connectivity index (χ0v) is 26.0. The number of hydrogen-bond acceptors (Lipinski definition) is 12. The van der Waals surface area contributed by atoms with Gasteiger partial charge in [-0.05, 0) is 47.9 Å². The number of benzene rings is 3. The van der Waals surface area contributed by atoms with Gasteiger partial charge in [0.2, 0.25) is 6.29 Å². The number of nitrogens with one attached hydrogen (secondary N) is 1. The summed E-state index contributed by atoms with van der Waals surface area (Å²) < 4.78 is 17.3. The predicted octanol–water partition coefficient (Wildman–Crippen LogP) is 1.72. The lowest BCUT2D eigenvalue weighted by Crippen LogP contribution is -2.58. The molecular formula is C35H35N3O10. The first-order valence-corrected chi connectivity index (χ1v) is 15.3. The van der Waals surface area contributed by atoms with E-state index in [1.807, 2.05) is 0 Å². The standard InChI is InChI=1S/C35H35N3O10/c1-15-27(40)31(44)32(45)35(46-15)48-33-23(12-18-8-9-38-14-18)25-26(30(43)24(33)11-17-4-3-5-19(10-17)34(36)37)28(41)21-7-6-20(47-16(2)39)13-22(21)29(25)42/h3-10,13-15,27,31-32,34-35,38,40,43-45H,11-12,36-37H2,1-2H3/t15-,27+,31+,32+,35+/m0/s1. The van der Waals surface area contributed by atoms with Crippen molar-refractivity contribution in [2.24, 2.45) is 11.5 Å². The second-order valence-corrected chi connectivity index (χ2v) is 12.0. The molecule has 0 radical (unpaired) electrons. The number of aromatic nitrogens is 1. The molecule has 13 nitrogen and oxygen atoms in total. The molecule has 13 heteroatoms. The summed E-state index contributed by atoms with van der Waals surface area (Å²) in [5, 5.41) is 43.8. The van der Waals surface area contributed by atoms with Crippen molar-refractivity contribution in [1.29, 1.82) is 0 Å². The Hall–Kier alpha value is -4.89. The Kier molecular flexibility index (Phi) is 8.92. The van der Waals surface area contributed by atoms with Crippen LogP contribution in [-0.4, -0.2) is 73.7 Å². The van der Waals surface area contributed by atoms with Gasteiger partial charge in [-0.15, -0.1) is 0 Å². The van der Waals surface area contributed by atoms with E-state index in [9.17, 15) is 34.8 Å². The number of fused-ring (bicyclic) bond motifs is 2. The number of H-pyrrole nitrogens is 1. The molecule has 1 fully saturated rings. The number of aromatic amines is 1. The van der Waals surface area contributed by atoms with Crippen molar-refractivity contribution in [2.75, 3.05) is 0 Å². The molecule has 1 aliphatic carbocycles. The molecule has 0 unspecified atom stereocenters. The normalized spacial score (nSPS) is 22.0. The molecule has 3 aromatic carbocycles. The highest BCUT2D eigenvalue weighted by Crippen LogP contribution is 2.46. The van der Waals surface area contributed by atoms with Gasteiger partial charge < -0.3 is 51.1 Å². The van der Waals surface area contributed by atoms with Gasteiger partial charge >= 0.3 is 5.97 Å². The Morgan fingerprint density at radius 1 is 0.917 bits per heavy atom. The minimum atomic E-state index is -1.73. The Morgan fingerprint density at radius 3 is 2.33 bits per heavy atom. The summed E-state index contributed by atoms with van der Waals surface area (Å²) in [5.41, 5.74) is 13.6. The monoisotopic (exact) mass is 657 g/mol. The summed E-state index contributed by atoms with van der Waals surface area (Å²) in [7, 11) is 0. The molecule has 0 spiro atoms. The van der Waals surface area contributed by atoms with Crippen LogP contribution in [-0.2, 0) is 22.4 Å².